The van der Waals surface area contributed by atoms with E-state index in [9.17, 15) is 18.0 Å². The van der Waals surface area contributed by atoms with Gasteiger partial charge < -0.3 is 9.47 Å². The van der Waals surface area contributed by atoms with Gasteiger partial charge in [0.05, 0.1) is 26.0 Å². The Morgan fingerprint density at radius 2 is 1.88 bits per heavy atom. The SMILES string of the molecule is COc1ccc(/C=N\NC(=O)c2cccc(C(F)(F)F)c2)c(OC)c1. The summed E-state index contributed by atoms with van der Waals surface area (Å²) in [5.41, 5.74) is 1.70. The van der Waals surface area contributed by atoms with Crippen LogP contribution in [0.1, 0.15) is 21.5 Å². The van der Waals surface area contributed by atoms with Gasteiger partial charge in [-0.1, -0.05) is 6.07 Å². The number of hydrazone groups is 1. The van der Waals surface area contributed by atoms with Gasteiger partial charge in [-0.15, -0.1) is 0 Å². The number of hydrogen-bond acceptors (Lipinski definition) is 4. The van der Waals surface area contributed by atoms with Crippen LogP contribution in [0.3, 0.4) is 0 Å². The van der Waals surface area contributed by atoms with E-state index in [1.165, 1.54) is 26.5 Å². The summed E-state index contributed by atoms with van der Waals surface area (Å²) < 4.78 is 48.2. The molecule has 0 radical (unpaired) electrons. The summed E-state index contributed by atoms with van der Waals surface area (Å²) in [6, 6.07) is 9.06. The molecule has 0 saturated heterocycles. The van der Waals surface area contributed by atoms with Gasteiger partial charge in [0.1, 0.15) is 11.5 Å². The zero-order valence-electron chi connectivity index (χ0n) is 13.4. The van der Waals surface area contributed by atoms with Crippen LogP contribution in [0, 0.1) is 0 Å². The fourth-order valence-electron chi connectivity index (χ4n) is 1.99. The van der Waals surface area contributed by atoms with Crippen LogP contribution in [0.4, 0.5) is 13.2 Å². The van der Waals surface area contributed by atoms with Crippen molar-refractivity contribution in [3.05, 3.63) is 59.2 Å². The van der Waals surface area contributed by atoms with E-state index in [2.05, 4.69) is 10.5 Å². The first-order chi connectivity index (χ1) is 11.8. The Bertz CT molecular complexity index is 789. The van der Waals surface area contributed by atoms with E-state index in [-0.39, 0.29) is 5.56 Å². The van der Waals surface area contributed by atoms with Crippen LogP contribution in [0.25, 0.3) is 0 Å². The summed E-state index contributed by atoms with van der Waals surface area (Å²) in [6.07, 6.45) is -3.19. The van der Waals surface area contributed by atoms with Gasteiger partial charge in [0.25, 0.3) is 5.91 Å². The van der Waals surface area contributed by atoms with E-state index in [0.717, 1.165) is 18.2 Å². The molecule has 0 fully saturated rings. The molecule has 0 aromatic heterocycles. The van der Waals surface area contributed by atoms with Gasteiger partial charge in [-0.2, -0.15) is 18.3 Å². The molecule has 0 aliphatic rings. The standard InChI is InChI=1S/C17H15F3N2O3/c1-24-14-7-6-12(15(9-14)25-2)10-21-22-16(23)11-4-3-5-13(8-11)17(18,19)20/h3-10H,1-2H3,(H,22,23)/b21-10-. The summed E-state index contributed by atoms with van der Waals surface area (Å²) in [7, 11) is 2.98. The smallest absolute Gasteiger partial charge is 0.416 e. The van der Waals surface area contributed by atoms with Crippen molar-refractivity contribution in [2.24, 2.45) is 5.10 Å². The number of hydrogen-bond donors (Lipinski definition) is 1. The van der Waals surface area contributed by atoms with Crippen LogP contribution in [0.15, 0.2) is 47.6 Å². The fraction of sp³-hybridized carbons (Fsp3) is 0.176. The summed E-state index contributed by atoms with van der Waals surface area (Å²) in [6.45, 7) is 0. The highest BCUT2D eigenvalue weighted by Crippen LogP contribution is 2.29. The second-order valence-electron chi connectivity index (χ2n) is 4.89. The molecular formula is C17H15F3N2O3. The van der Waals surface area contributed by atoms with Crippen LogP contribution in [0.5, 0.6) is 11.5 Å². The highest BCUT2D eigenvalue weighted by Gasteiger charge is 2.30. The van der Waals surface area contributed by atoms with Crippen molar-refractivity contribution in [2.75, 3.05) is 14.2 Å². The van der Waals surface area contributed by atoms with Crippen LogP contribution in [-0.4, -0.2) is 26.3 Å². The Morgan fingerprint density at radius 3 is 2.52 bits per heavy atom. The number of halogens is 3. The van der Waals surface area contributed by atoms with E-state index < -0.39 is 17.6 Å². The third-order valence-corrected chi connectivity index (χ3v) is 3.26. The highest BCUT2D eigenvalue weighted by atomic mass is 19.4. The molecule has 2 aromatic rings. The second kappa shape index (κ2) is 7.69. The number of nitrogens with zero attached hydrogens (tertiary/aromatic N) is 1. The van der Waals surface area contributed by atoms with Crippen LogP contribution in [0.2, 0.25) is 0 Å². The number of carbonyl (C=O) groups excluding carboxylic acids is 1. The number of ether oxygens (including phenoxy) is 2. The van der Waals surface area contributed by atoms with Crippen molar-refractivity contribution >= 4 is 12.1 Å². The molecule has 0 aliphatic heterocycles. The van der Waals surface area contributed by atoms with Gasteiger partial charge in [0.15, 0.2) is 0 Å². The van der Waals surface area contributed by atoms with Gasteiger partial charge >= 0.3 is 6.18 Å². The monoisotopic (exact) mass is 352 g/mol. The topological polar surface area (TPSA) is 59.9 Å². The highest BCUT2D eigenvalue weighted by molar-refractivity contribution is 5.95. The third kappa shape index (κ3) is 4.72. The van der Waals surface area contributed by atoms with Gasteiger partial charge in [-0.3, -0.25) is 4.79 Å². The first-order valence-corrected chi connectivity index (χ1v) is 7.08. The average molecular weight is 352 g/mol. The van der Waals surface area contributed by atoms with E-state index in [4.69, 9.17) is 9.47 Å². The minimum absolute atomic E-state index is 0.145. The van der Waals surface area contributed by atoms with Crippen molar-refractivity contribution in [2.45, 2.75) is 6.18 Å². The van der Waals surface area contributed by atoms with Gasteiger partial charge in [0, 0.05) is 17.2 Å². The lowest BCUT2D eigenvalue weighted by molar-refractivity contribution is -0.137. The number of benzene rings is 2. The van der Waals surface area contributed by atoms with Crippen molar-refractivity contribution < 1.29 is 27.4 Å². The minimum atomic E-state index is -4.52. The Hall–Kier alpha value is -3.03. The number of methoxy groups -OCH3 is 2. The maximum Gasteiger partial charge on any atom is 0.416 e. The van der Waals surface area contributed by atoms with Crippen molar-refractivity contribution in [1.82, 2.24) is 5.43 Å². The number of alkyl halides is 3. The Labute approximate surface area is 142 Å². The molecule has 0 bridgehead atoms. The normalized spacial score (nSPS) is 11.4. The number of amides is 1. The van der Waals surface area contributed by atoms with E-state index in [1.807, 2.05) is 0 Å². The molecule has 5 nitrogen and oxygen atoms in total. The molecule has 0 aliphatic carbocycles. The second-order valence-corrected chi connectivity index (χ2v) is 4.89. The Kier molecular flexibility index (Phi) is 5.63. The predicted octanol–water partition coefficient (Wildman–Crippen LogP) is 3.49. The molecule has 2 aromatic carbocycles. The van der Waals surface area contributed by atoms with Crippen LogP contribution in [-0.2, 0) is 6.18 Å². The fourth-order valence-corrected chi connectivity index (χ4v) is 1.99. The largest absolute Gasteiger partial charge is 0.497 e. The Morgan fingerprint density at radius 1 is 1.12 bits per heavy atom. The number of nitrogens with one attached hydrogen (secondary N) is 1. The molecule has 0 spiro atoms. The first-order valence-electron chi connectivity index (χ1n) is 7.08. The molecule has 0 unspecified atom stereocenters. The third-order valence-electron chi connectivity index (χ3n) is 3.26. The lowest BCUT2D eigenvalue weighted by atomic mass is 10.1. The molecule has 0 atom stereocenters. The van der Waals surface area contributed by atoms with Crippen molar-refractivity contribution in [3.63, 3.8) is 0 Å². The summed E-state index contributed by atoms with van der Waals surface area (Å²) in [5, 5.41) is 3.75. The molecule has 1 amide bonds. The van der Waals surface area contributed by atoms with Crippen LogP contribution < -0.4 is 14.9 Å². The van der Waals surface area contributed by atoms with E-state index in [1.54, 1.807) is 18.2 Å². The molecule has 1 N–H and O–H groups in total. The summed E-state index contributed by atoms with van der Waals surface area (Å²) >= 11 is 0. The lowest BCUT2D eigenvalue weighted by Gasteiger charge is -2.08. The first kappa shape index (κ1) is 18.3. The van der Waals surface area contributed by atoms with Gasteiger partial charge in [0.2, 0.25) is 0 Å². The lowest BCUT2D eigenvalue weighted by Crippen LogP contribution is -2.18. The minimum Gasteiger partial charge on any atom is -0.497 e. The molecule has 8 heteroatoms. The molecule has 0 saturated carbocycles. The molecular weight excluding hydrogens is 337 g/mol. The van der Waals surface area contributed by atoms with Crippen molar-refractivity contribution in [1.29, 1.82) is 0 Å². The molecule has 2 rings (SSSR count). The number of rotatable bonds is 5. The molecule has 25 heavy (non-hydrogen) atoms. The van der Waals surface area contributed by atoms with E-state index in [0.29, 0.717) is 17.1 Å². The van der Waals surface area contributed by atoms with E-state index >= 15 is 0 Å². The maximum absolute atomic E-state index is 12.7. The predicted molar refractivity (Wildman–Crippen MR) is 86.1 cm³/mol. The Balaban J connectivity index is 2.11. The average Bonchev–Trinajstić information content (AvgIpc) is 2.61. The molecule has 132 valence electrons. The maximum atomic E-state index is 12.7. The zero-order valence-corrected chi connectivity index (χ0v) is 13.4. The van der Waals surface area contributed by atoms with Crippen molar-refractivity contribution in [3.8, 4) is 11.5 Å². The van der Waals surface area contributed by atoms with Gasteiger partial charge in [-0.25, -0.2) is 5.43 Å². The van der Waals surface area contributed by atoms with Gasteiger partial charge in [-0.05, 0) is 30.3 Å². The number of carbonyl (C=O) groups is 1. The quantitative estimate of drug-likeness (QED) is 0.662. The summed E-state index contributed by atoms with van der Waals surface area (Å²) in [4.78, 5) is 11.9. The molecule has 0 heterocycles. The summed E-state index contributed by atoms with van der Waals surface area (Å²) in [5.74, 6) is 0.299. The zero-order chi connectivity index (χ0) is 18.4. The van der Waals surface area contributed by atoms with Crippen LogP contribution >= 0.6 is 0 Å².